The molecule has 2 aromatic rings. The van der Waals surface area contributed by atoms with Crippen molar-refractivity contribution in [3.8, 4) is 0 Å². The number of aryl methyl sites for hydroxylation is 1. The summed E-state index contributed by atoms with van der Waals surface area (Å²) in [5.74, 6) is -1.39. The third-order valence-corrected chi connectivity index (χ3v) is 3.38. The number of carbonyl (C=O) groups is 2. The minimum atomic E-state index is -4.07. The molecule has 0 fully saturated rings. The molecule has 0 aliphatic carbocycles. The molecule has 0 aliphatic heterocycles. The molecule has 124 valence electrons. The van der Waals surface area contributed by atoms with Crippen molar-refractivity contribution in [2.45, 2.75) is 25.0 Å². The van der Waals surface area contributed by atoms with Crippen molar-refractivity contribution in [3.05, 3.63) is 29.7 Å². The van der Waals surface area contributed by atoms with Crippen LogP contribution in [0.25, 0.3) is 0 Å². The van der Waals surface area contributed by atoms with Gasteiger partial charge in [0.25, 0.3) is 15.9 Å². The zero-order valence-corrected chi connectivity index (χ0v) is 12.9. The summed E-state index contributed by atoms with van der Waals surface area (Å²) >= 11 is 0. The van der Waals surface area contributed by atoms with E-state index in [0.29, 0.717) is 5.76 Å². The quantitative estimate of drug-likeness (QED) is 0.739. The molecule has 0 bridgehead atoms. The number of ether oxygens (including phenoxy) is 1. The number of nitrogens with two attached hydrogens (primary N) is 1. The van der Waals surface area contributed by atoms with Crippen LogP contribution >= 0.6 is 0 Å². The predicted octanol–water partition coefficient (Wildman–Crippen LogP) is 0.407. The third kappa shape index (κ3) is 4.17. The number of hydrogen-bond acceptors (Lipinski definition) is 8. The maximum absolute atomic E-state index is 11.8. The topological polar surface area (TPSA) is 155 Å². The van der Waals surface area contributed by atoms with Gasteiger partial charge in [0.1, 0.15) is 5.76 Å². The number of furan rings is 1. The first-order chi connectivity index (χ1) is 10.7. The van der Waals surface area contributed by atoms with E-state index in [1.54, 1.807) is 6.92 Å². The molecule has 23 heavy (non-hydrogen) atoms. The zero-order valence-electron chi connectivity index (χ0n) is 12.1. The maximum atomic E-state index is 11.8. The van der Waals surface area contributed by atoms with Crippen LogP contribution in [0, 0.1) is 6.92 Å². The number of hydrogen-bond donors (Lipinski definition) is 2. The summed E-state index contributed by atoms with van der Waals surface area (Å²) in [6.07, 6.45) is -1.18. The molecule has 1 unspecified atom stereocenters. The Morgan fingerprint density at radius 3 is 2.61 bits per heavy atom. The average molecular weight is 343 g/mol. The highest BCUT2D eigenvalue weighted by molar-refractivity contribution is 7.89. The first-order valence-electron chi connectivity index (χ1n) is 6.24. The Labute approximate surface area is 130 Å². The van der Waals surface area contributed by atoms with Crippen LogP contribution in [0.2, 0.25) is 0 Å². The second-order valence-corrected chi connectivity index (χ2v) is 6.02. The maximum Gasteiger partial charge on any atom is 0.375 e. The largest absolute Gasteiger partial charge is 0.447 e. The van der Waals surface area contributed by atoms with Gasteiger partial charge in [0, 0.05) is 6.07 Å². The molecular formula is C12H13N3O7S. The molecule has 2 aromatic heterocycles. The van der Waals surface area contributed by atoms with E-state index < -0.39 is 38.9 Å². The number of nitrogens with zero attached hydrogens (tertiary/aromatic N) is 1. The van der Waals surface area contributed by atoms with Gasteiger partial charge >= 0.3 is 5.97 Å². The number of amides is 1. The van der Waals surface area contributed by atoms with Crippen LogP contribution in [0.15, 0.2) is 32.2 Å². The molecule has 1 atom stereocenters. The van der Waals surface area contributed by atoms with E-state index in [0.717, 1.165) is 12.1 Å². The standard InChI is InChI=1S/C12H13N3O7S/c1-6-5-9(15-22-6)14-11(16)7(2)20-12(17)8-3-4-10(21-8)23(13,18)19/h3-5,7H,1-2H3,(H2,13,18,19)(H,14,15,16). The van der Waals surface area contributed by atoms with E-state index in [-0.39, 0.29) is 5.82 Å². The fourth-order valence-electron chi connectivity index (χ4n) is 1.51. The van der Waals surface area contributed by atoms with Crippen LogP contribution in [0.4, 0.5) is 5.82 Å². The number of aromatic nitrogens is 1. The molecule has 0 saturated carbocycles. The van der Waals surface area contributed by atoms with Gasteiger partial charge in [-0.15, -0.1) is 0 Å². The summed E-state index contributed by atoms with van der Waals surface area (Å²) in [6.45, 7) is 2.97. The van der Waals surface area contributed by atoms with Crippen molar-refractivity contribution in [1.82, 2.24) is 5.16 Å². The Bertz CT molecular complexity index is 836. The molecule has 0 saturated heterocycles. The number of primary sulfonamides is 1. The highest BCUT2D eigenvalue weighted by Crippen LogP contribution is 2.14. The van der Waals surface area contributed by atoms with Crippen molar-refractivity contribution in [1.29, 1.82) is 0 Å². The zero-order chi connectivity index (χ0) is 17.2. The van der Waals surface area contributed by atoms with Crippen LogP contribution in [0.3, 0.4) is 0 Å². The van der Waals surface area contributed by atoms with Gasteiger partial charge in [0.2, 0.25) is 10.9 Å². The molecule has 2 rings (SSSR count). The molecule has 10 nitrogen and oxygen atoms in total. The highest BCUT2D eigenvalue weighted by atomic mass is 32.2. The SMILES string of the molecule is Cc1cc(NC(=O)C(C)OC(=O)c2ccc(S(N)(=O)=O)o2)no1. The normalized spacial score (nSPS) is 12.7. The fourth-order valence-corrected chi connectivity index (χ4v) is 1.97. The summed E-state index contributed by atoms with van der Waals surface area (Å²) in [4.78, 5) is 23.6. The second-order valence-electron chi connectivity index (χ2n) is 4.52. The van der Waals surface area contributed by atoms with E-state index in [4.69, 9.17) is 18.8 Å². The Hall–Kier alpha value is -2.66. The molecule has 2 heterocycles. The average Bonchev–Trinajstić information content (AvgIpc) is 3.07. The van der Waals surface area contributed by atoms with Crippen molar-refractivity contribution >= 4 is 27.7 Å². The van der Waals surface area contributed by atoms with Crippen LogP contribution in [0.5, 0.6) is 0 Å². The molecule has 0 aliphatic rings. The van der Waals surface area contributed by atoms with Gasteiger partial charge in [-0.25, -0.2) is 18.4 Å². The second kappa shape index (κ2) is 6.22. The van der Waals surface area contributed by atoms with E-state index in [1.807, 2.05) is 0 Å². The number of anilines is 1. The smallest absolute Gasteiger partial charge is 0.375 e. The van der Waals surface area contributed by atoms with E-state index in [2.05, 4.69) is 10.5 Å². The number of nitrogens with one attached hydrogen (secondary N) is 1. The molecule has 11 heteroatoms. The van der Waals surface area contributed by atoms with Gasteiger partial charge in [0.15, 0.2) is 11.9 Å². The Kier molecular flexibility index (Phi) is 4.52. The van der Waals surface area contributed by atoms with Crippen molar-refractivity contribution in [2.24, 2.45) is 5.14 Å². The molecule has 1 amide bonds. The first-order valence-corrected chi connectivity index (χ1v) is 7.79. The summed E-state index contributed by atoms with van der Waals surface area (Å²) < 4.78 is 36.5. The van der Waals surface area contributed by atoms with Crippen molar-refractivity contribution in [3.63, 3.8) is 0 Å². The van der Waals surface area contributed by atoms with Gasteiger partial charge in [-0.2, -0.15) is 0 Å². The number of sulfonamides is 1. The highest BCUT2D eigenvalue weighted by Gasteiger charge is 2.23. The number of rotatable bonds is 5. The molecule has 3 N–H and O–H groups in total. The van der Waals surface area contributed by atoms with E-state index >= 15 is 0 Å². The minimum absolute atomic E-state index is 0.171. The molecular weight excluding hydrogens is 330 g/mol. The van der Waals surface area contributed by atoms with E-state index in [9.17, 15) is 18.0 Å². The lowest BCUT2D eigenvalue weighted by atomic mass is 10.3. The molecule has 0 spiro atoms. The third-order valence-electron chi connectivity index (χ3n) is 2.60. The summed E-state index contributed by atoms with van der Waals surface area (Å²) in [7, 11) is -4.07. The van der Waals surface area contributed by atoms with Gasteiger partial charge in [-0.1, -0.05) is 5.16 Å². The Balaban J connectivity index is 1.99. The lowest BCUT2D eigenvalue weighted by Gasteiger charge is -2.10. The molecule has 0 radical (unpaired) electrons. The van der Waals surface area contributed by atoms with Gasteiger partial charge in [-0.05, 0) is 26.0 Å². The van der Waals surface area contributed by atoms with E-state index in [1.165, 1.54) is 13.0 Å². The van der Waals surface area contributed by atoms with Crippen LogP contribution in [-0.4, -0.2) is 31.6 Å². The Morgan fingerprint density at radius 1 is 1.39 bits per heavy atom. The van der Waals surface area contributed by atoms with Crippen LogP contribution < -0.4 is 10.5 Å². The Morgan fingerprint density at radius 2 is 2.09 bits per heavy atom. The monoisotopic (exact) mass is 343 g/mol. The van der Waals surface area contributed by atoms with Gasteiger partial charge < -0.3 is 19.0 Å². The fraction of sp³-hybridized carbons (Fsp3) is 0.250. The number of esters is 1. The van der Waals surface area contributed by atoms with Crippen molar-refractivity contribution < 1.29 is 31.7 Å². The number of carbonyl (C=O) groups excluding carboxylic acids is 2. The van der Waals surface area contributed by atoms with Gasteiger partial charge in [-0.3, -0.25) is 4.79 Å². The minimum Gasteiger partial charge on any atom is -0.447 e. The summed E-state index contributed by atoms with van der Waals surface area (Å²) in [5, 5.41) is 10.2. The van der Waals surface area contributed by atoms with Gasteiger partial charge in [0.05, 0.1) is 0 Å². The lowest BCUT2D eigenvalue weighted by molar-refractivity contribution is -0.123. The van der Waals surface area contributed by atoms with Crippen LogP contribution in [0.1, 0.15) is 23.2 Å². The lowest BCUT2D eigenvalue weighted by Crippen LogP contribution is -2.30. The first kappa shape index (κ1) is 16.7. The summed E-state index contributed by atoms with van der Waals surface area (Å²) in [5.41, 5.74) is 0. The summed E-state index contributed by atoms with van der Waals surface area (Å²) in [6, 6.07) is 3.57. The molecule has 0 aromatic carbocycles. The van der Waals surface area contributed by atoms with Crippen molar-refractivity contribution in [2.75, 3.05) is 5.32 Å². The predicted molar refractivity (Wildman–Crippen MR) is 74.8 cm³/mol. The van der Waals surface area contributed by atoms with Crippen LogP contribution in [-0.2, 0) is 19.6 Å².